The van der Waals surface area contributed by atoms with Gasteiger partial charge in [-0.2, -0.15) is 13.2 Å². The molecule has 2 aliphatic rings. The highest BCUT2D eigenvalue weighted by Gasteiger charge is 2.39. The van der Waals surface area contributed by atoms with E-state index >= 15 is 0 Å². The maximum Gasteiger partial charge on any atom is 0.433 e. The van der Waals surface area contributed by atoms with Crippen LogP contribution in [0.2, 0.25) is 0 Å². The van der Waals surface area contributed by atoms with E-state index in [0.717, 1.165) is 12.3 Å². The van der Waals surface area contributed by atoms with Crippen molar-refractivity contribution in [3.8, 4) is 0 Å². The summed E-state index contributed by atoms with van der Waals surface area (Å²) in [5, 5.41) is 48.4. The number of carbonyl (C=O) groups excluding carboxylic acids is 2. The summed E-state index contributed by atoms with van der Waals surface area (Å²) in [6.45, 7) is 6.26. The van der Waals surface area contributed by atoms with E-state index < -0.39 is 60.6 Å². The minimum absolute atomic E-state index is 0.0499. The van der Waals surface area contributed by atoms with Crippen molar-refractivity contribution >= 4 is 17.8 Å². The van der Waals surface area contributed by atoms with E-state index in [2.05, 4.69) is 25.9 Å². The number of aliphatic hydroxyl groups excluding tert-OH is 4. The molecule has 2 unspecified atom stereocenters. The van der Waals surface area contributed by atoms with Crippen LogP contribution in [-0.2, 0) is 72.6 Å². The lowest BCUT2D eigenvalue weighted by atomic mass is 9.98. The molecule has 3 heterocycles. The van der Waals surface area contributed by atoms with E-state index in [0.29, 0.717) is 105 Å². The van der Waals surface area contributed by atoms with Gasteiger partial charge in [0.05, 0.1) is 157 Å². The summed E-state index contributed by atoms with van der Waals surface area (Å²) in [5.41, 5.74) is 4.85. The first-order chi connectivity index (χ1) is 33.3. The number of rotatable bonds is 40. The molecule has 0 spiro atoms. The number of halogens is 3. The van der Waals surface area contributed by atoms with Gasteiger partial charge in [-0.25, -0.2) is 9.97 Å². The van der Waals surface area contributed by atoms with Gasteiger partial charge >= 0.3 is 6.18 Å². The normalized spacial score (nSPS) is 22.3. The highest BCUT2D eigenvalue weighted by molar-refractivity contribution is 5.76. The number of carbonyl (C=O) groups is 2. The Bertz CT molecular complexity index is 1490. The number of anilines is 1. The SMILES string of the molecule is NC(COCCC(=O)NCCOCCOCCOCCOC[C@H]1OCC[C@@H](O)[C@H]1O)COCCC(=O)NCCOCCOCCOCCOC[C@H]1OCC(Nc2nccc(C(F)(F)F)n2)[C@@H](O)[C@H]1O. The third-order valence-electron chi connectivity index (χ3n) is 9.96. The van der Waals surface area contributed by atoms with Crippen molar-refractivity contribution in [2.24, 2.45) is 5.73 Å². The molecule has 0 saturated carbocycles. The topological polar surface area (TPSA) is 314 Å². The number of aliphatic hydroxyl groups is 4. The molecular formula is C42H73F3N6O18. The highest BCUT2D eigenvalue weighted by Crippen LogP contribution is 2.28. The van der Waals surface area contributed by atoms with Gasteiger partial charge in [0, 0.05) is 38.7 Å². The third kappa shape index (κ3) is 27.9. The molecular weight excluding hydrogens is 933 g/mol. The van der Waals surface area contributed by atoms with Gasteiger partial charge < -0.3 is 99.0 Å². The summed E-state index contributed by atoms with van der Waals surface area (Å²) in [4.78, 5) is 31.2. The number of amides is 2. The first-order valence-electron chi connectivity index (χ1n) is 23.0. The Morgan fingerprint density at radius 3 is 1.61 bits per heavy atom. The molecule has 24 nitrogen and oxygen atoms in total. The van der Waals surface area contributed by atoms with Crippen LogP contribution in [0.15, 0.2) is 12.3 Å². The fourth-order valence-electron chi connectivity index (χ4n) is 6.18. The quantitative estimate of drug-likeness (QED) is 0.0313. The smallest absolute Gasteiger partial charge is 0.390 e. The minimum Gasteiger partial charge on any atom is -0.390 e. The lowest BCUT2D eigenvalue weighted by Gasteiger charge is -2.37. The molecule has 9 N–H and O–H groups in total. The van der Waals surface area contributed by atoms with Crippen LogP contribution in [0.5, 0.6) is 0 Å². The summed E-state index contributed by atoms with van der Waals surface area (Å²) < 4.78 is 104. The molecule has 2 saturated heterocycles. The number of hydrogen-bond acceptors (Lipinski definition) is 22. The number of hydrogen-bond donors (Lipinski definition) is 8. The van der Waals surface area contributed by atoms with Crippen LogP contribution in [-0.4, -0.2) is 249 Å². The lowest BCUT2D eigenvalue weighted by molar-refractivity contribution is -0.161. The van der Waals surface area contributed by atoms with Crippen LogP contribution in [0.4, 0.5) is 19.1 Å². The van der Waals surface area contributed by atoms with Crippen molar-refractivity contribution in [1.82, 2.24) is 20.6 Å². The summed E-state index contributed by atoms with van der Waals surface area (Å²) in [7, 11) is 0. The Morgan fingerprint density at radius 1 is 0.652 bits per heavy atom. The molecule has 0 aliphatic carbocycles. The van der Waals surface area contributed by atoms with Gasteiger partial charge in [-0.1, -0.05) is 0 Å². The molecule has 2 fully saturated rings. The summed E-state index contributed by atoms with van der Waals surface area (Å²) >= 11 is 0. The van der Waals surface area contributed by atoms with Crippen molar-refractivity contribution in [3.63, 3.8) is 0 Å². The number of nitrogens with zero attached hydrogens (tertiary/aromatic N) is 2. The first kappa shape index (κ1) is 60.2. The molecule has 400 valence electrons. The van der Waals surface area contributed by atoms with Crippen LogP contribution >= 0.6 is 0 Å². The van der Waals surface area contributed by atoms with Crippen molar-refractivity contribution in [1.29, 1.82) is 0 Å². The Labute approximate surface area is 399 Å². The molecule has 27 heteroatoms. The van der Waals surface area contributed by atoms with Crippen LogP contribution in [0, 0.1) is 0 Å². The molecule has 69 heavy (non-hydrogen) atoms. The zero-order valence-electron chi connectivity index (χ0n) is 39.0. The van der Waals surface area contributed by atoms with E-state index in [1.165, 1.54) is 0 Å². The standard InChI is InChI=1S/C42H73F3N6O18/c43-42(44,45)35-1-5-49-41(51-35)50-31-27-69-34(40(57)38(31)55)29-67-24-22-63-20-18-61-16-14-59-12-7-48-37(54)4-9-65-26-30(46)25-64-8-3-36(53)47-6-11-58-13-15-60-17-19-62-21-23-66-28-33-39(56)32(52)2-10-68-33/h1,5,30-34,38-40,52,55-57H,2-4,6-29,46H2,(H,47,53)(H,48,54)(H,49,50,51)/t30?,31?,32-,33-,34-,38-,39-,40+/m1/s1. The average molecular weight is 1010 g/mol. The number of nitrogens with one attached hydrogen (secondary N) is 3. The largest absolute Gasteiger partial charge is 0.433 e. The number of ether oxygens (including phenoxy) is 12. The summed E-state index contributed by atoms with van der Waals surface area (Å²) in [5.74, 6) is -0.741. The number of nitrogens with two attached hydrogens (primary N) is 1. The van der Waals surface area contributed by atoms with Crippen LogP contribution in [0.1, 0.15) is 25.0 Å². The number of aromatic nitrogens is 2. The highest BCUT2D eigenvalue weighted by atomic mass is 19.4. The maximum absolute atomic E-state index is 12.9. The van der Waals surface area contributed by atoms with E-state index in [4.69, 9.17) is 62.6 Å². The lowest BCUT2D eigenvalue weighted by Crippen LogP contribution is -2.57. The van der Waals surface area contributed by atoms with Gasteiger partial charge in [-0.15, -0.1) is 0 Å². The van der Waals surface area contributed by atoms with Gasteiger partial charge in [0.15, 0.2) is 0 Å². The first-order valence-corrected chi connectivity index (χ1v) is 23.0. The van der Waals surface area contributed by atoms with Gasteiger partial charge in [-0.05, 0) is 12.5 Å². The molecule has 0 radical (unpaired) electrons. The molecule has 0 bridgehead atoms. The van der Waals surface area contributed by atoms with Crippen LogP contribution < -0.4 is 21.7 Å². The monoisotopic (exact) mass is 1010 g/mol. The van der Waals surface area contributed by atoms with Crippen molar-refractivity contribution in [2.75, 3.05) is 164 Å². The minimum atomic E-state index is -4.66. The van der Waals surface area contributed by atoms with Crippen molar-refractivity contribution in [3.05, 3.63) is 18.0 Å². The summed E-state index contributed by atoms with van der Waals surface area (Å²) in [6, 6.07) is -0.647. The van der Waals surface area contributed by atoms with Gasteiger partial charge in [0.2, 0.25) is 17.8 Å². The second-order valence-electron chi connectivity index (χ2n) is 15.6. The zero-order chi connectivity index (χ0) is 50.0. The fraction of sp³-hybridized carbons (Fsp3) is 0.857. The van der Waals surface area contributed by atoms with Crippen LogP contribution in [0.25, 0.3) is 0 Å². The second-order valence-corrected chi connectivity index (χ2v) is 15.6. The average Bonchev–Trinajstić information content (AvgIpc) is 3.32. The maximum atomic E-state index is 12.9. The second kappa shape index (κ2) is 36.8. The Balaban J connectivity index is 0.984. The van der Waals surface area contributed by atoms with E-state index in [-0.39, 0.29) is 90.1 Å². The third-order valence-corrected chi connectivity index (χ3v) is 9.96. The Kier molecular flexibility index (Phi) is 32.1. The summed E-state index contributed by atoms with van der Waals surface area (Å²) in [6.07, 6.45) is -8.90. The fourth-order valence-corrected chi connectivity index (χ4v) is 6.18. The predicted molar refractivity (Wildman–Crippen MR) is 234 cm³/mol. The van der Waals surface area contributed by atoms with Gasteiger partial charge in [0.25, 0.3) is 0 Å². The van der Waals surface area contributed by atoms with E-state index in [1.807, 2.05) is 0 Å². The van der Waals surface area contributed by atoms with Gasteiger partial charge in [-0.3, -0.25) is 9.59 Å². The Hall–Kier alpha value is -3.07. The molecule has 0 aromatic carbocycles. The van der Waals surface area contributed by atoms with E-state index in [1.54, 1.807) is 0 Å². The number of alkyl halides is 3. The molecule has 1 aromatic rings. The van der Waals surface area contributed by atoms with Crippen molar-refractivity contribution < 1.29 is 100 Å². The molecule has 2 aliphatic heterocycles. The molecule has 2 amide bonds. The zero-order valence-corrected chi connectivity index (χ0v) is 39.0. The molecule has 8 atom stereocenters. The predicted octanol–water partition coefficient (Wildman–Crippen LogP) is -2.59. The molecule has 3 rings (SSSR count). The molecule has 1 aromatic heterocycles. The Morgan fingerprint density at radius 2 is 1.12 bits per heavy atom. The van der Waals surface area contributed by atoms with E-state index in [9.17, 15) is 43.2 Å². The van der Waals surface area contributed by atoms with Crippen molar-refractivity contribution in [2.45, 2.75) is 74.1 Å². The van der Waals surface area contributed by atoms with Gasteiger partial charge in [0.1, 0.15) is 36.2 Å². The van der Waals surface area contributed by atoms with Crippen LogP contribution in [0.3, 0.4) is 0 Å².